The Morgan fingerprint density at radius 1 is 1.21 bits per heavy atom. The van der Waals surface area contributed by atoms with Crippen LogP contribution in [-0.4, -0.2) is 31.2 Å². The minimum Gasteiger partial charge on any atom is -0.300 e. The third-order valence-electron chi connectivity index (χ3n) is 5.46. The lowest BCUT2D eigenvalue weighted by atomic mass is 9.99. The van der Waals surface area contributed by atoms with Crippen molar-refractivity contribution in [2.75, 3.05) is 5.32 Å². The molecule has 0 saturated carbocycles. The van der Waals surface area contributed by atoms with E-state index in [0.29, 0.717) is 23.5 Å². The Labute approximate surface area is 195 Å². The number of hydrogen-bond donors (Lipinski definition) is 2. The van der Waals surface area contributed by atoms with E-state index in [4.69, 9.17) is 0 Å². The molecule has 0 saturated heterocycles. The standard InChI is InChI=1S/C23H23FN4O3S2/c1-3-14(2)20(26-21-18-6-4-5-7-19(18)33(30,31)28-21)22(29)27-23-25-13-17(32-23)12-15-8-10-16(24)11-9-15/h4-11,13-14,20H,3,12H2,1-2H3,(H,26,28)(H,25,27,29)/t14-,20-/m0/s1. The predicted molar refractivity (Wildman–Crippen MR) is 126 cm³/mol. The van der Waals surface area contributed by atoms with Crippen LogP contribution in [0.3, 0.4) is 0 Å². The number of fused-ring (bicyclic) bond motifs is 1. The molecule has 4 rings (SSSR count). The summed E-state index contributed by atoms with van der Waals surface area (Å²) in [6.07, 6.45) is 2.93. The number of rotatable bonds is 7. The fourth-order valence-electron chi connectivity index (χ4n) is 3.47. The van der Waals surface area contributed by atoms with Crippen molar-refractivity contribution in [2.24, 2.45) is 10.9 Å². The first kappa shape index (κ1) is 23.1. The molecule has 0 spiro atoms. The van der Waals surface area contributed by atoms with Gasteiger partial charge in [0.05, 0.1) is 4.90 Å². The van der Waals surface area contributed by atoms with Gasteiger partial charge in [0, 0.05) is 23.1 Å². The number of aliphatic imine (C=N–C) groups is 1. The third kappa shape index (κ3) is 5.12. The summed E-state index contributed by atoms with van der Waals surface area (Å²) in [6, 6.07) is 12.0. The van der Waals surface area contributed by atoms with Gasteiger partial charge in [-0.05, 0) is 35.7 Å². The molecule has 1 amide bonds. The zero-order chi connectivity index (χ0) is 23.6. The first-order valence-corrected chi connectivity index (χ1v) is 12.8. The van der Waals surface area contributed by atoms with Crippen molar-refractivity contribution < 1.29 is 17.6 Å². The second-order valence-electron chi connectivity index (χ2n) is 7.83. The molecule has 2 aromatic carbocycles. The number of halogens is 1. The van der Waals surface area contributed by atoms with Crippen LogP contribution in [0.5, 0.6) is 0 Å². The van der Waals surface area contributed by atoms with Gasteiger partial charge in [-0.3, -0.25) is 14.5 Å². The summed E-state index contributed by atoms with van der Waals surface area (Å²) in [5.41, 5.74) is 1.39. The van der Waals surface area contributed by atoms with Crippen molar-refractivity contribution in [3.05, 3.63) is 76.5 Å². The number of nitrogens with zero attached hydrogens (tertiary/aromatic N) is 2. The van der Waals surface area contributed by atoms with Crippen molar-refractivity contribution in [3.8, 4) is 0 Å². The number of amides is 1. The normalized spacial score (nSPS) is 17.2. The van der Waals surface area contributed by atoms with E-state index in [0.717, 1.165) is 10.4 Å². The summed E-state index contributed by atoms with van der Waals surface area (Å²) in [6.45, 7) is 3.84. The van der Waals surface area contributed by atoms with E-state index in [1.165, 1.54) is 29.5 Å². The Hall–Kier alpha value is -3.11. The molecule has 1 aliphatic heterocycles. The highest BCUT2D eigenvalue weighted by atomic mass is 32.2. The largest absolute Gasteiger partial charge is 0.300 e. The van der Waals surface area contributed by atoms with E-state index in [2.05, 4.69) is 20.0 Å². The van der Waals surface area contributed by atoms with Gasteiger partial charge in [0.15, 0.2) is 5.13 Å². The van der Waals surface area contributed by atoms with E-state index in [-0.39, 0.29) is 28.4 Å². The Kier molecular flexibility index (Phi) is 6.57. The lowest BCUT2D eigenvalue weighted by Crippen LogP contribution is -2.34. The van der Waals surface area contributed by atoms with Crippen LogP contribution in [0.2, 0.25) is 0 Å². The van der Waals surface area contributed by atoms with E-state index in [1.807, 2.05) is 13.8 Å². The molecule has 0 unspecified atom stereocenters. The van der Waals surface area contributed by atoms with Crippen LogP contribution in [0.25, 0.3) is 0 Å². The smallest absolute Gasteiger partial charge is 0.263 e. The van der Waals surface area contributed by atoms with E-state index < -0.39 is 16.1 Å². The highest BCUT2D eigenvalue weighted by molar-refractivity contribution is 7.90. The summed E-state index contributed by atoms with van der Waals surface area (Å²) in [5, 5.41) is 3.24. The second kappa shape index (κ2) is 9.40. The SMILES string of the molecule is CC[C@H](C)[C@H](N=C1NS(=O)(=O)c2ccccc21)C(=O)Nc1ncc(Cc2ccc(F)cc2)s1. The van der Waals surface area contributed by atoms with Gasteiger partial charge in [0.1, 0.15) is 17.7 Å². The molecule has 1 aliphatic rings. The predicted octanol–water partition coefficient (Wildman–Crippen LogP) is 3.96. The number of amidine groups is 1. The molecule has 172 valence electrons. The Balaban J connectivity index is 1.53. The van der Waals surface area contributed by atoms with Gasteiger partial charge in [0.2, 0.25) is 0 Å². The van der Waals surface area contributed by atoms with Crippen molar-refractivity contribution in [1.29, 1.82) is 0 Å². The number of carbonyl (C=O) groups excluding carboxylic acids is 1. The third-order valence-corrected chi connectivity index (χ3v) is 7.77. The molecule has 0 aliphatic carbocycles. The molecular formula is C23H23FN4O3S2. The van der Waals surface area contributed by atoms with E-state index in [9.17, 15) is 17.6 Å². The fourth-order valence-corrected chi connectivity index (χ4v) is 5.55. The van der Waals surface area contributed by atoms with Crippen LogP contribution in [0.4, 0.5) is 9.52 Å². The number of benzene rings is 2. The van der Waals surface area contributed by atoms with Crippen LogP contribution in [-0.2, 0) is 21.2 Å². The maximum absolute atomic E-state index is 13.1. The minimum atomic E-state index is -3.69. The van der Waals surface area contributed by atoms with Crippen LogP contribution in [0.1, 0.15) is 36.3 Å². The summed E-state index contributed by atoms with van der Waals surface area (Å²) in [4.78, 5) is 23.0. The number of sulfonamides is 1. The molecule has 10 heteroatoms. The van der Waals surface area contributed by atoms with Crippen molar-refractivity contribution in [3.63, 3.8) is 0 Å². The molecule has 1 aromatic heterocycles. The molecule has 0 radical (unpaired) electrons. The van der Waals surface area contributed by atoms with Crippen molar-refractivity contribution in [2.45, 2.75) is 37.6 Å². The average molecular weight is 487 g/mol. The number of nitrogens with one attached hydrogen (secondary N) is 2. The summed E-state index contributed by atoms with van der Waals surface area (Å²) in [7, 11) is -3.69. The Morgan fingerprint density at radius 3 is 2.67 bits per heavy atom. The molecule has 2 atom stereocenters. The topological polar surface area (TPSA) is 101 Å². The fraction of sp³-hybridized carbons (Fsp3) is 0.261. The highest BCUT2D eigenvalue weighted by Crippen LogP contribution is 2.26. The molecule has 3 aromatic rings. The zero-order valence-electron chi connectivity index (χ0n) is 18.1. The van der Waals surface area contributed by atoms with Crippen LogP contribution >= 0.6 is 11.3 Å². The number of aromatic nitrogens is 1. The maximum Gasteiger partial charge on any atom is 0.263 e. The van der Waals surface area contributed by atoms with Crippen molar-refractivity contribution in [1.82, 2.24) is 9.71 Å². The van der Waals surface area contributed by atoms with Crippen molar-refractivity contribution >= 4 is 38.2 Å². The monoisotopic (exact) mass is 486 g/mol. The number of thiazole rings is 1. The van der Waals surface area contributed by atoms with Gasteiger partial charge in [0.25, 0.3) is 15.9 Å². The molecule has 2 N–H and O–H groups in total. The lowest BCUT2D eigenvalue weighted by Gasteiger charge is -2.18. The molecule has 0 fully saturated rings. The number of carbonyl (C=O) groups is 1. The van der Waals surface area contributed by atoms with Crippen LogP contribution in [0.15, 0.2) is 64.6 Å². The highest BCUT2D eigenvalue weighted by Gasteiger charge is 2.33. The minimum absolute atomic E-state index is 0.131. The molecule has 7 nitrogen and oxygen atoms in total. The van der Waals surface area contributed by atoms with Gasteiger partial charge < -0.3 is 5.32 Å². The van der Waals surface area contributed by atoms with Crippen LogP contribution in [0, 0.1) is 11.7 Å². The van der Waals surface area contributed by atoms with Gasteiger partial charge >= 0.3 is 0 Å². The van der Waals surface area contributed by atoms with Gasteiger partial charge in [-0.15, -0.1) is 11.3 Å². The van der Waals surface area contributed by atoms with E-state index >= 15 is 0 Å². The number of hydrogen-bond acceptors (Lipinski definition) is 6. The maximum atomic E-state index is 13.1. The quantitative estimate of drug-likeness (QED) is 0.528. The van der Waals surface area contributed by atoms with Crippen LogP contribution < -0.4 is 10.0 Å². The Bertz CT molecular complexity index is 1300. The summed E-state index contributed by atoms with van der Waals surface area (Å²) < 4.78 is 40.4. The van der Waals surface area contributed by atoms with Gasteiger partial charge in [-0.1, -0.05) is 44.5 Å². The molecule has 2 heterocycles. The van der Waals surface area contributed by atoms with Gasteiger partial charge in [-0.2, -0.15) is 0 Å². The lowest BCUT2D eigenvalue weighted by molar-refractivity contribution is -0.118. The number of anilines is 1. The van der Waals surface area contributed by atoms with E-state index in [1.54, 1.807) is 36.5 Å². The molecule has 0 bridgehead atoms. The summed E-state index contributed by atoms with van der Waals surface area (Å²) in [5.74, 6) is -0.611. The van der Waals surface area contributed by atoms with Gasteiger partial charge in [-0.25, -0.2) is 17.8 Å². The molecular weight excluding hydrogens is 463 g/mol. The zero-order valence-corrected chi connectivity index (χ0v) is 19.7. The Morgan fingerprint density at radius 2 is 1.94 bits per heavy atom. The average Bonchev–Trinajstić information content (AvgIpc) is 3.34. The first-order valence-electron chi connectivity index (χ1n) is 10.5. The molecule has 33 heavy (non-hydrogen) atoms. The first-order chi connectivity index (χ1) is 15.8. The summed E-state index contributed by atoms with van der Waals surface area (Å²) >= 11 is 1.33. The second-order valence-corrected chi connectivity index (χ2v) is 10.6.